The lowest BCUT2D eigenvalue weighted by Crippen LogP contribution is -2.03. The molecule has 5 nitrogen and oxygen atoms in total. The van der Waals surface area contributed by atoms with Crippen molar-refractivity contribution in [1.29, 1.82) is 0 Å². The second-order valence-corrected chi connectivity index (χ2v) is 3.72. The van der Waals surface area contributed by atoms with Gasteiger partial charge in [-0.1, -0.05) is 24.3 Å². The van der Waals surface area contributed by atoms with Crippen molar-refractivity contribution in [1.82, 2.24) is 9.97 Å². The summed E-state index contributed by atoms with van der Waals surface area (Å²) >= 11 is 0. The van der Waals surface area contributed by atoms with Crippen LogP contribution in [-0.2, 0) is 9.47 Å². The van der Waals surface area contributed by atoms with Crippen molar-refractivity contribution in [2.45, 2.75) is 6.29 Å². The van der Waals surface area contributed by atoms with E-state index in [0.29, 0.717) is 17.1 Å². The van der Waals surface area contributed by atoms with Crippen LogP contribution in [0.4, 0.5) is 0 Å². The summed E-state index contributed by atoms with van der Waals surface area (Å²) in [6, 6.07) is 7.16. The van der Waals surface area contributed by atoms with E-state index in [4.69, 9.17) is 9.47 Å². The SMILES string of the molecule is COC(OC)c1c[nH]c(-c2ccc(C=O)cc2)n1. The summed E-state index contributed by atoms with van der Waals surface area (Å²) in [5.41, 5.74) is 2.21. The summed E-state index contributed by atoms with van der Waals surface area (Å²) < 4.78 is 10.2. The maximum Gasteiger partial charge on any atom is 0.202 e. The average Bonchev–Trinajstić information content (AvgIpc) is 2.90. The quantitative estimate of drug-likeness (QED) is 0.648. The van der Waals surface area contributed by atoms with Crippen molar-refractivity contribution in [2.24, 2.45) is 0 Å². The molecule has 0 radical (unpaired) electrons. The molecule has 2 rings (SSSR count). The number of aromatic amines is 1. The molecule has 0 fully saturated rings. The first-order valence-corrected chi connectivity index (χ1v) is 5.45. The summed E-state index contributed by atoms with van der Waals surface area (Å²) in [7, 11) is 3.11. The number of benzene rings is 1. The van der Waals surface area contributed by atoms with Crippen LogP contribution in [0.5, 0.6) is 0 Å². The van der Waals surface area contributed by atoms with Gasteiger partial charge in [-0.05, 0) is 0 Å². The highest BCUT2D eigenvalue weighted by atomic mass is 16.7. The van der Waals surface area contributed by atoms with E-state index in [-0.39, 0.29) is 0 Å². The van der Waals surface area contributed by atoms with Crippen LogP contribution < -0.4 is 0 Å². The van der Waals surface area contributed by atoms with Crippen LogP contribution in [0.15, 0.2) is 30.5 Å². The van der Waals surface area contributed by atoms with E-state index in [2.05, 4.69) is 9.97 Å². The molecule has 18 heavy (non-hydrogen) atoms. The van der Waals surface area contributed by atoms with Crippen LogP contribution in [-0.4, -0.2) is 30.5 Å². The number of nitrogens with one attached hydrogen (secondary N) is 1. The van der Waals surface area contributed by atoms with Gasteiger partial charge in [-0.25, -0.2) is 4.98 Å². The number of hydrogen-bond donors (Lipinski definition) is 1. The molecule has 5 heteroatoms. The Morgan fingerprint density at radius 1 is 1.22 bits per heavy atom. The third kappa shape index (κ3) is 2.47. The number of hydrogen-bond acceptors (Lipinski definition) is 4. The standard InChI is InChI=1S/C13H14N2O3/c1-17-13(18-2)11-7-14-12(15-11)10-5-3-9(8-16)4-6-10/h3-8,13H,1-2H3,(H,14,15). The van der Waals surface area contributed by atoms with Crippen molar-refractivity contribution >= 4 is 6.29 Å². The molecule has 0 amide bonds. The van der Waals surface area contributed by atoms with Gasteiger partial charge in [0.2, 0.25) is 6.29 Å². The Kier molecular flexibility index (Phi) is 3.86. The number of methoxy groups -OCH3 is 2. The molecule has 0 atom stereocenters. The minimum Gasteiger partial charge on any atom is -0.350 e. The van der Waals surface area contributed by atoms with Crippen molar-refractivity contribution in [3.8, 4) is 11.4 Å². The van der Waals surface area contributed by atoms with E-state index in [1.807, 2.05) is 12.1 Å². The summed E-state index contributed by atoms with van der Waals surface area (Å²) in [5, 5.41) is 0. The third-order valence-corrected chi connectivity index (χ3v) is 2.59. The van der Waals surface area contributed by atoms with E-state index < -0.39 is 6.29 Å². The van der Waals surface area contributed by atoms with E-state index in [1.54, 1.807) is 32.5 Å². The fraction of sp³-hybridized carbons (Fsp3) is 0.231. The number of carbonyl (C=O) groups excluding carboxylic acids is 1. The molecule has 1 N–H and O–H groups in total. The summed E-state index contributed by atoms with van der Waals surface area (Å²) in [5.74, 6) is 0.710. The van der Waals surface area contributed by atoms with Crippen molar-refractivity contribution in [2.75, 3.05) is 14.2 Å². The molecule has 0 saturated heterocycles. The van der Waals surface area contributed by atoms with Gasteiger partial charge in [-0.3, -0.25) is 4.79 Å². The molecule has 0 aliphatic rings. The lowest BCUT2D eigenvalue weighted by molar-refractivity contribution is -0.108. The monoisotopic (exact) mass is 246 g/mol. The zero-order chi connectivity index (χ0) is 13.0. The molecule has 0 unspecified atom stereocenters. The topological polar surface area (TPSA) is 64.2 Å². The maximum absolute atomic E-state index is 10.6. The van der Waals surface area contributed by atoms with Crippen LogP contribution in [0.1, 0.15) is 22.3 Å². The Hall–Kier alpha value is -1.98. The minimum atomic E-state index is -0.482. The largest absolute Gasteiger partial charge is 0.350 e. The lowest BCUT2D eigenvalue weighted by Gasteiger charge is -2.09. The number of ether oxygens (including phenoxy) is 2. The second kappa shape index (κ2) is 5.57. The Labute approximate surface area is 105 Å². The highest BCUT2D eigenvalue weighted by Gasteiger charge is 2.13. The van der Waals surface area contributed by atoms with Gasteiger partial charge in [0.15, 0.2) is 0 Å². The van der Waals surface area contributed by atoms with Crippen LogP contribution >= 0.6 is 0 Å². The molecule has 0 aliphatic carbocycles. The Bertz CT molecular complexity index is 515. The van der Waals surface area contributed by atoms with Crippen LogP contribution in [0, 0.1) is 0 Å². The normalized spacial score (nSPS) is 10.8. The summed E-state index contributed by atoms with van der Waals surface area (Å²) in [6.07, 6.45) is 2.06. The van der Waals surface area contributed by atoms with E-state index in [1.165, 1.54) is 0 Å². The molecule has 0 aliphatic heterocycles. The first-order chi connectivity index (χ1) is 8.78. The highest BCUT2D eigenvalue weighted by Crippen LogP contribution is 2.20. The number of rotatable bonds is 5. The highest BCUT2D eigenvalue weighted by molar-refractivity contribution is 5.76. The summed E-state index contributed by atoms with van der Waals surface area (Å²) in [4.78, 5) is 18.0. The molecule has 94 valence electrons. The smallest absolute Gasteiger partial charge is 0.202 e. The van der Waals surface area contributed by atoms with Gasteiger partial charge in [0.05, 0.1) is 0 Å². The van der Waals surface area contributed by atoms with E-state index >= 15 is 0 Å². The van der Waals surface area contributed by atoms with Gasteiger partial charge >= 0.3 is 0 Å². The van der Waals surface area contributed by atoms with Gasteiger partial charge in [-0.15, -0.1) is 0 Å². The molecule has 1 aromatic carbocycles. The number of imidazole rings is 1. The van der Waals surface area contributed by atoms with E-state index in [0.717, 1.165) is 11.8 Å². The van der Waals surface area contributed by atoms with Crippen molar-refractivity contribution in [3.05, 3.63) is 41.7 Å². The van der Waals surface area contributed by atoms with Crippen LogP contribution in [0.3, 0.4) is 0 Å². The Morgan fingerprint density at radius 3 is 2.44 bits per heavy atom. The molecule has 1 heterocycles. The third-order valence-electron chi connectivity index (χ3n) is 2.59. The zero-order valence-electron chi connectivity index (χ0n) is 10.2. The van der Waals surface area contributed by atoms with Crippen LogP contribution in [0.25, 0.3) is 11.4 Å². The predicted molar refractivity (Wildman–Crippen MR) is 66.2 cm³/mol. The summed E-state index contributed by atoms with van der Waals surface area (Å²) in [6.45, 7) is 0. The minimum absolute atomic E-state index is 0.482. The molecular weight excluding hydrogens is 232 g/mol. The predicted octanol–water partition coefficient (Wildman–Crippen LogP) is 2.18. The molecular formula is C13H14N2O3. The lowest BCUT2D eigenvalue weighted by atomic mass is 10.1. The fourth-order valence-electron chi connectivity index (χ4n) is 1.66. The zero-order valence-corrected chi connectivity index (χ0v) is 10.2. The van der Waals surface area contributed by atoms with Crippen molar-refractivity contribution in [3.63, 3.8) is 0 Å². The van der Waals surface area contributed by atoms with E-state index in [9.17, 15) is 4.79 Å². The Balaban J connectivity index is 2.25. The van der Waals surface area contributed by atoms with Crippen LogP contribution in [0.2, 0.25) is 0 Å². The fourth-order valence-corrected chi connectivity index (χ4v) is 1.66. The molecule has 2 aromatic rings. The van der Waals surface area contributed by atoms with Crippen molar-refractivity contribution < 1.29 is 14.3 Å². The molecule has 0 spiro atoms. The number of carbonyl (C=O) groups is 1. The number of H-pyrrole nitrogens is 1. The first-order valence-electron chi connectivity index (χ1n) is 5.45. The first kappa shape index (κ1) is 12.5. The molecule has 0 bridgehead atoms. The van der Waals surface area contributed by atoms with Gasteiger partial charge in [-0.2, -0.15) is 0 Å². The maximum atomic E-state index is 10.6. The molecule has 1 aromatic heterocycles. The van der Waals surface area contributed by atoms with Gasteiger partial charge < -0.3 is 14.5 Å². The van der Waals surface area contributed by atoms with Gasteiger partial charge in [0.25, 0.3) is 0 Å². The average molecular weight is 246 g/mol. The second-order valence-electron chi connectivity index (χ2n) is 3.72. The van der Waals surface area contributed by atoms with Gasteiger partial charge in [0, 0.05) is 31.5 Å². The Morgan fingerprint density at radius 2 is 1.89 bits per heavy atom. The number of nitrogens with zero attached hydrogens (tertiary/aromatic N) is 1. The number of aromatic nitrogens is 2. The van der Waals surface area contributed by atoms with Gasteiger partial charge in [0.1, 0.15) is 17.8 Å². The number of aldehydes is 1. The molecule has 0 saturated carbocycles.